The third-order valence-corrected chi connectivity index (χ3v) is 5.00. The van der Waals surface area contributed by atoms with E-state index in [0.717, 1.165) is 27.8 Å². The van der Waals surface area contributed by atoms with E-state index >= 15 is 0 Å². The number of rotatable bonds is 2. The second kappa shape index (κ2) is 5.91. The van der Waals surface area contributed by atoms with Crippen molar-refractivity contribution >= 4 is 33.6 Å². The fourth-order valence-corrected chi connectivity index (χ4v) is 3.31. The van der Waals surface area contributed by atoms with Crippen LogP contribution >= 0.6 is 27.7 Å². The molecule has 2 nitrogen and oxygen atoms in total. The molecule has 0 saturated carbocycles. The monoisotopic (exact) mass is 313 g/mol. The average Bonchev–Trinajstić information content (AvgIpc) is 2.34. The lowest BCUT2D eigenvalue weighted by Crippen LogP contribution is -2.38. The summed E-state index contributed by atoms with van der Waals surface area (Å²) >= 11 is 5.38. The number of nitrogens with one attached hydrogen (secondary N) is 1. The number of hydrogen-bond donors (Lipinski definition) is 1. The topological polar surface area (TPSA) is 29.1 Å². The molecule has 1 amide bonds. The first-order valence-corrected chi connectivity index (χ1v) is 7.76. The van der Waals surface area contributed by atoms with Crippen molar-refractivity contribution in [1.82, 2.24) is 5.32 Å². The molecule has 1 heterocycles. The molecule has 0 spiro atoms. The molecule has 1 N–H and O–H groups in total. The molecule has 0 aliphatic carbocycles. The minimum Gasteiger partial charge on any atom is -0.348 e. The van der Waals surface area contributed by atoms with Crippen molar-refractivity contribution in [3.63, 3.8) is 0 Å². The van der Waals surface area contributed by atoms with Crippen molar-refractivity contribution in [3.05, 3.63) is 33.8 Å². The minimum absolute atomic E-state index is 0.0400. The lowest BCUT2D eigenvalue weighted by Gasteiger charge is -2.22. The lowest BCUT2D eigenvalue weighted by molar-refractivity contribution is 0.0938. The predicted octanol–water partition coefficient (Wildman–Crippen LogP) is 3.38. The van der Waals surface area contributed by atoms with Crippen LogP contribution in [0.4, 0.5) is 0 Å². The Bertz CT molecular complexity index is 416. The number of thioether (sulfide) groups is 1. The molecule has 0 bridgehead atoms. The van der Waals surface area contributed by atoms with Crippen LogP contribution in [0.2, 0.25) is 0 Å². The second-order valence-corrected chi connectivity index (χ2v) is 6.36. The van der Waals surface area contributed by atoms with Crippen molar-refractivity contribution in [2.45, 2.75) is 25.8 Å². The summed E-state index contributed by atoms with van der Waals surface area (Å²) in [7, 11) is 0. The second-order valence-electron chi connectivity index (χ2n) is 4.35. The third-order valence-electron chi connectivity index (χ3n) is 2.93. The van der Waals surface area contributed by atoms with Crippen LogP contribution in [-0.4, -0.2) is 23.5 Å². The van der Waals surface area contributed by atoms with Crippen LogP contribution < -0.4 is 5.32 Å². The fraction of sp³-hybridized carbons (Fsp3) is 0.462. The molecule has 2 rings (SSSR count). The number of carbonyl (C=O) groups is 1. The Morgan fingerprint density at radius 1 is 1.53 bits per heavy atom. The van der Waals surface area contributed by atoms with Crippen molar-refractivity contribution in [3.8, 4) is 0 Å². The summed E-state index contributed by atoms with van der Waals surface area (Å²) in [6.07, 6.45) is 2.30. The molecule has 1 fully saturated rings. The summed E-state index contributed by atoms with van der Waals surface area (Å²) in [6, 6.07) is 6.07. The Morgan fingerprint density at radius 2 is 2.35 bits per heavy atom. The number of halogens is 1. The van der Waals surface area contributed by atoms with Gasteiger partial charge in [0.2, 0.25) is 0 Å². The van der Waals surface area contributed by atoms with Gasteiger partial charge in [-0.1, -0.05) is 22.0 Å². The van der Waals surface area contributed by atoms with E-state index in [0.29, 0.717) is 6.04 Å². The van der Waals surface area contributed by atoms with Crippen LogP contribution in [-0.2, 0) is 0 Å². The molecule has 1 unspecified atom stereocenters. The molecule has 17 heavy (non-hydrogen) atoms. The van der Waals surface area contributed by atoms with E-state index in [1.807, 2.05) is 36.9 Å². The fourth-order valence-electron chi connectivity index (χ4n) is 1.86. The Labute approximate surface area is 115 Å². The van der Waals surface area contributed by atoms with Crippen LogP contribution in [0.25, 0.3) is 0 Å². The zero-order chi connectivity index (χ0) is 12.3. The Balaban J connectivity index is 2.01. The number of benzene rings is 1. The number of amides is 1. The van der Waals surface area contributed by atoms with Crippen LogP contribution in [0.1, 0.15) is 28.8 Å². The predicted molar refractivity (Wildman–Crippen MR) is 76.7 cm³/mol. The van der Waals surface area contributed by atoms with Crippen molar-refractivity contribution < 1.29 is 4.79 Å². The van der Waals surface area contributed by atoms with Gasteiger partial charge in [0.05, 0.1) is 0 Å². The first-order chi connectivity index (χ1) is 8.16. The Hall–Kier alpha value is -0.480. The maximum absolute atomic E-state index is 12.0. The van der Waals surface area contributed by atoms with E-state index in [1.54, 1.807) is 0 Å². The minimum atomic E-state index is 0.0400. The summed E-state index contributed by atoms with van der Waals surface area (Å²) in [5.41, 5.74) is 1.88. The highest BCUT2D eigenvalue weighted by atomic mass is 79.9. The molecular weight excluding hydrogens is 298 g/mol. The van der Waals surface area contributed by atoms with Gasteiger partial charge in [0.15, 0.2) is 0 Å². The van der Waals surface area contributed by atoms with E-state index in [4.69, 9.17) is 0 Å². The molecular formula is C13H16BrNOS. The summed E-state index contributed by atoms with van der Waals surface area (Å²) < 4.78 is 0.989. The number of hydrogen-bond acceptors (Lipinski definition) is 2. The summed E-state index contributed by atoms with van der Waals surface area (Å²) in [5, 5.41) is 3.10. The molecule has 1 aromatic rings. The first kappa shape index (κ1) is 13.0. The summed E-state index contributed by atoms with van der Waals surface area (Å²) in [6.45, 7) is 2.02. The van der Waals surface area contributed by atoms with Gasteiger partial charge in [-0.3, -0.25) is 4.79 Å². The number of carbonyl (C=O) groups excluding carboxylic acids is 1. The highest BCUT2D eigenvalue weighted by molar-refractivity contribution is 9.10. The average molecular weight is 314 g/mol. The van der Waals surface area contributed by atoms with Crippen LogP contribution in [0, 0.1) is 6.92 Å². The van der Waals surface area contributed by atoms with Gasteiger partial charge in [-0.2, -0.15) is 11.8 Å². The van der Waals surface area contributed by atoms with E-state index in [1.165, 1.54) is 12.2 Å². The van der Waals surface area contributed by atoms with Gasteiger partial charge in [0, 0.05) is 21.8 Å². The lowest BCUT2D eigenvalue weighted by atomic mass is 10.1. The van der Waals surface area contributed by atoms with E-state index < -0.39 is 0 Å². The molecule has 1 aliphatic heterocycles. The summed E-state index contributed by atoms with van der Waals surface area (Å²) in [4.78, 5) is 12.0. The van der Waals surface area contributed by atoms with E-state index in [9.17, 15) is 4.79 Å². The SMILES string of the molecule is Cc1ccc(C(=O)NC2CCCSC2)cc1Br. The van der Waals surface area contributed by atoms with Gasteiger partial charge in [0.25, 0.3) is 5.91 Å². The molecule has 4 heteroatoms. The van der Waals surface area contributed by atoms with Gasteiger partial charge in [-0.25, -0.2) is 0 Å². The maximum Gasteiger partial charge on any atom is 0.251 e. The maximum atomic E-state index is 12.0. The van der Waals surface area contributed by atoms with Crippen LogP contribution in [0.5, 0.6) is 0 Å². The quantitative estimate of drug-likeness (QED) is 0.907. The third kappa shape index (κ3) is 3.49. The van der Waals surface area contributed by atoms with E-state index in [2.05, 4.69) is 21.2 Å². The zero-order valence-electron chi connectivity index (χ0n) is 9.83. The first-order valence-electron chi connectivity index (χ1n) is 5.81. The van der Waals surface area contributed by atoms with Crippen molar-refractivity contribution in [2.75, 3.05) is 11.5 Å². The highest BCUT2D eigenvalue weighted by Gasteiger charge is 2.17. The molecule has 1 aliphatic rings. The van der Waals surface area contributed by atoms with Gasteiger partial charge in [-0.05, 0) is 43.2 Å². The zero-order valence-corrected chi connectivity index (χ0v) is 12.2. The van der Waals surface area contributed by atoms with E-state index in [-0.39, 0.29) is 5.91 Å². The van der Waals surface area contributed by atoms with Gasteiger partial charge >= 0.3 is 0 Å². The molecule has 1 atom stereocenters. The van der Waals surface area contributed by atoms with Crippen LogP contribution in [0.15, 0.2) is 22.7 Å². The smallest absolute Gasteiger partial charge is 0.251 e. The van der Waals surface area contributed by atoms with Gasteiger partial charge < -0.3 is 5.32 Å². The number of aryl methyl sites for hydroxylation is 1. The normalized spacial score (nSPS) is 20.0. The molecule has 1 saturated heterocycles. The Kier molecular flexibility index (Phi) is 4.51. The molecule has 1 aromatic carbocycles. The summed E-state index contributed by atoms with van der Waals surface area (Å²) in [5.74, 6) is 2.31. The molecule has 0 radical (unpaired) electrons. The van der Waals surface area contributed by atoms with Crippen molar-refractivity contribution in [1.29, 1.82) is 0 Å². The van der Waals surface area contributed by atoms with Gasteiger partial charge in [0.1, 0.15) is 0 Å². The highest BCUT2D eigenvalue weighted by Crippen LogP contribution is 2.19. The largest absolute Gasteiger partial charge is 0.348 e. The molecule has 0 aromatic heterocycles. The Morgan fingerprint density at radius 3 is 3.00 bits per heavy atom. The van der Waals surface area contributed by atoms with Crippen molar-refractivity contribution in [2.24, 2.45) is 0 Å². The van der Waals surface area contributed by atoms with Gasteiger partial charge in [-0.15, -0.1) is 0 Å². The standard InChI is InChI=1S/C13H16BrNOS/c1-9-4-5-10(7-12(9)14)13(16)15-11-3-2-6-17-8-11/h4-5,7,11H,2-3,6,8H2,1H3,(H,15,16). The van der Waals surface area contributed by atoms with Crippen LogP contribution in [0.3, 0.4) is 0 Å². The molecule has 92 valence electrons.